The van der Waals surface area contributed by atoms with Gasteiger partial charge in [0, 0.05) is 12.5 Å². The van der Waals surface area contributed by atoms with Gasteiger partial charge in [-0.1, -0.05) is 81.5 Å². The van der Waals surface area contributed by atoms with E-state index in [0.29, 0.717) is 6.61 Å². The maximum atomic E-state index is 12.4. The van der Waals surface area contributed by atoms with E-state index in [1.807, 2.05) is 19.1 Å². The standard InChI is InChI=1S/C28H41NO2/c1-3-5-6-7-11-20-28(30,25-16-18-26(19-17-25)31-4-2)27(23-29-21-12-13-22-29)24-14-9-8-10-15-24/h8-10,14-19,27,30H,3-7,11-13,20-23H2,1-2H3. The fraction of sp³-hybridized carbons (Fsp3) is 0.571. The highest BCUT2D eigenvalue weighted by Gasteiger charge is 2.40. The molecule has 2 unspecified atom stereocenters. The van der Waals surface area contributed by atoms with Gasteiger partial charge in [0.1, 0.15) is 5.75 Å². The maximum absolute atomic E-state index is 12.4. The predicted octanol–water partition coefficient (Wildman–Crippen LogP) is 6.51. The van der Waals surface area contributed by atoms with Crippen LogP contribution in [0.25, 0.3) is 0 Å². The molecule has 2 aromatic rings. The lowest BCUT2D eigenvalue weighted by atomic mass is 9.74. The van der Waals surface area contributed by atoms with E-state index in [2.05, 4.69) is 54.3 Å². The number of benzene rings is 2. The zero-order valence-corrected chi connectivity index (χ0v) is 19.6. The molecule has 0 aliphatic carbocycles. The van der Waals surface area contributed by atoms with Gasteiger partial charge >= 0.3 is 0 Å². The Morgan fingerprint density at radius 2 is 1.58 bits per heavy atom. The number of likely N-dealkylation sites (tertiary alicyclic amines) is 1. The van der Waals surface area contributed by atoms with Crippen LogP contribution < -0.4 is 4.74 Å². The number of aliphatic hydroxyl groups is 1. The van der Waals surface area contributed by atoms with Gasteiger partial charge in [-0.3, -0.25) is 0 Å². The van der Waals surface area contributed by atoms with Gasteiger partial charge in [0.05, 0.1) is 12.2 Å². The first kappa shape index (κ1) is 23.8. The Labute approximate surface area is 189 Å². The van der Waals surface area contributed by atoms with E-state index in [9.17, 15) is 5.11 Å². The van der Waals surface area contributed by atoms with Gasteiger partial charge in [0.15, 0.2) is 0 Å². The normalized spacial score (nSPS) is 17.4. The summed E-state index contributed by atoms with van der Waals surface area (Å²) >= 11 is 0. The van der Waals surface area contributed by atoms with E-state index >= 15 is 0 Å². The Hall–Kier alpha value is -1.84. The highest BCUT2D eigenvalue weighted by molar-refractivity contribution is 5.35. The third kappa shape index (κ3) is 6.57. The minimum atomic E-state index is -0.888. The molecule has 1 aliphatic heterocycles. The van der Waals surface area contributed by atoms with E-state index in [-0.39, 0.29) is 5.92 Å². The Balaban J connectivity index is 1.91. The van der Waals surface area contributed by atoms with Crippen LogP contribution in [0.15, 0.2) is 54.6 Å². The van der Waals surface area contributed by atoms with Crippen molar-refractivity contribution in [2.24, 2.45) is 0 Å². The van der Waals surface area contributed by atoms with Gasteiger partial charge in [0.25, 0.3) is 0 Å². The predicted molar refractivity (Wildman–Crippen MR) is 130 cm³/mol. The first-order chi connectivity index (χ1) is 15.2. The first-order valence-electron chi connectivity index (χ1n) is 12.4. The van der Waals surface area contributed by atoms with Crippen molar-refractivity contribution in [2.45, 2.75) is 76.7 Å². The summed E-state index contributed by atoms with van der Waals surface area (Å²) < 4.78 is 5.66. The van der Waals surface area contributed by atoms with Crippen LogP contribution in [0.2, 0.25) is 0 Å². The molecule has 1 fully saturated rings. The molecule has 1 saturated heterocycles. The van der Waals surface area contributed by atoms with E-state index in [1.54, 1.807) is 0 Å². The van der Waals surface area contributed by atoms with Crippen molar-refractivity contribution in [3.05, 3.63) is 65.7 Å². The van der Waals surface area contributed by atoms with E-state index in [0.717, 1.165) is 43.8 Å². The lowest BCUT2D eigenvalue weighted by Gasteiger charge is -2.39. The van der Waals surface area contributed by atoms with Crippen LogP contribution in [-0.4, -0.2) is 36.2 Å². The molecule has 0 amide bonds. The lowest BCUT2D eigenvalue weighted by Crippen LogP contribution is -2.40. The summed E-state index contributed by atoms with van der Waals surface area (Å²) in [6.07, 6.45) is 9.31. The molecule has 2 aromatic carbocycles. The molecule has 1 aliphatic rings. The summed E-state index contributed by atoms with van der Waals surface area (Å²) in [5, 5.41) is 12.4. The third-order valence-corrected chi connectivity index (χ3v) is 6.74. The number of rotatable bonds is 13. The van der Waals surface area contributed by atoms with Gasteiger partial charge in [0.2, 0.25) is 0 Å². The topological polar surface area (TPSA) is 32.7 Å². The summed E-state index contributed by atoms with van der Waals surface area (Å²) in [6, 6.07) is 18.8. The fourth-order valence-electron chi connectivity index (χ4n) is 4.97. The summed E-state index contributed by atoms with van der Waals surface area (Å²) in [4.78, 5) is 2.54. The summed E-state index contributed by atoms with van der Waals surface area (Å²) in [7, 11) is 0. The minimum absolute atomic E-state index is 0.0518. The molecule has 1 heterocycles. The van der Waals surface area contributed by atoms with Crippen molar-refractivity contribution >= 4 is 0 Å². The fourth-order valence-corrected chi connectivity index (χ4v) is 4.97. The lowest BCUT2D eigenvalue weighted by molar-refractivity contribution is -0.0133. The molecule has 3 nitrogen and oxygen atoms in total. The van der Waals surface area contributed by atoms with Crippen LogP contribution >= 0.6 is 0 Å². The summed E-state index contributed by atoms with van der Waals surface area (Å²) in [5.41, 5.74) is 1.36. The zero-order chi connectivity index (χ0) is 21.9. The SMILES string of the molecule is CCCCCCCC(O)(c1ccc(OCC)cc1)C(CN1CCCC1)c1ccccc1. The minimum Gasteiger partial charge on any atom is -0.494 e. The van der Waals surface area contributed by atoms with E-state index in [1.165, 1.54) is 44.1 Å². The second-order valence-corrected chi connectivity index (χ2v) is 9.02. The molecule has 1 N–H and O–H groups in total. The Morgan fingerprint density at radius 1 is 0.903 bits per heavy atom. The van der Waals surface area contributed by atoms with Crippen LogP contribution in [-0.2, 0) is 5.60 Å². The van der Waals surface area contributed by atoms with Crippen LogP contribution in [0, 0.1) is 0 Å². The number of nitrogens with zero attached hydrogens (tertiary/aromatic N) is 1. The second-order valence-electron chi connectivity index (χ2n) is 9.02. The van der Waals surface area contributed by atoms with Gasteiger partial charge in [-0.15, -0.1) is 0 Å². The van der Waals surface area contributed by atoms with Crippen LogP contribution in [0.3, 0.4) is 0 Å². The quantitative estimate of drug-likeness (QED) is 0.373. The van der Waals surface area contributed by atoms with Crippen LogP contribution in [0.1, 0.15) is 82.3 Å². The van der Waals surface area contributed by atoms with Crippen molar-refractivity contribution in [1.29, 1.82) is 0 Å². The Morgan fingerprint density at radius 3 is 2.23 bits per heavy atom. The monoisotopic (exact) mass is 423 g/mol. The number of hydrogen-bond donors (Lipinski definition) is 1. The molecule has 0 saturated carbocycles. The van der Waals surface area contributed by atoms with Crippen LogP contribution in [0.4, 0.5) is 0 Å². The smallest absolute Gasteiger partial charge is 0.119 e. The van der Waals surface area contributed by atoms with Crippen molar-refractivity contribution in [1.82, 2.24) is 4.90 Å². The molecule has 3 heteroatoms. The molecule has 0 bridgehead atoms. The molecule has 2 atom stereocenters. The zero-order valence-electron chi connectivity index (χ0n) is 19.6. The van der Waals surface area contributed by atoms with E-state index in [4.69, 9.17) is 4.74 Å². The van der Waals surface area contributed by atoms with Crippen molar-refractivity contribution in [3.8, 4) is 5.75 Å². The molecule has 170 valence electrons. The van der Waals surface area contributed by atoms with Gasteiger partial charge in [-0.2, -0.15) is 0 Å². The van der Waals surface area contributed by atoms with Crippen molar-refractivity contribution in [2.75, 3.05) is 26.2 Å². The number of unbranched alkanes of at least 4 members (excludes halogenated alkanes) is 4. The largest absolute Gasteiger partial charge is 0.494 e. The van der Waals surface area contributed by atoms with Crippen molar-refractivity contribution in [3.63, 3.8) is 0 Å². The molecule has 0 radical (unpaired) electrons. The molecule has 0 aromatic heterocycles. The Bertz CT molecular complexity index is 739. The first-order valence-corrected chi connectivity index (χ1v) is 12.4. The van der Waals surface area contributed by atoms with Gasteiger partial charge < -0.3 is 14.7 Å². The maximum Gasteiger partial charge on any atom is 0.119 e. The van der Waals surface area contributed by atoms with E-state index < -0.39 is 5.60 Å². The third-order valence-electron chi connectivity index (χ3n) is 6.74. The molecular formula is C28H41NO2. The Kier molecular flexibility index (Phi) is 9.42. The summed E-state index contributed by atoms with van der Waals surface area (Å²) in [6.45, 7) is 8.09. The number of ether oxygens (including phenoxy) is 1. The molecule has 3 rings (SSSR count). The average Bonchev–Trinajstić information content (AvgIpc) is 3.32. The molecule has 0 spiro atoms. The summed E-state index contributed by atoms with van der Waals surface area (Å²) in [5.74, 6) is 0.920. The molecule has 31 heavy (non-hydrogen) atoms. The van der Waals surface area contributed by atoms with Crippen molar-refractivity contribution < 1.29 is 9.84 Å². The van der Waals surface area contributed by atoms with Gasteiger partial charge in [-0.05, 0) is 62.5 Å². The number of hydrogen-bond acceptors (Lipinski definition) is 3. The van der Waals surface area contributed by atoms with Gasteiger partial charge in [-0.25, -0.2) is 0 Å². The van der Waals surface area contributed by atoms with Crippen LogP contribution in [0.5, 0.6) is 5.75 Å². The average molecular weight is 424 g/mol. The second kappa shape index (κ2) is 12.3. The highest BCUT2D eigenvalue weighted by atomic mass is 16.5. The highest BCUT2D eigenvalue weighted by Crippen LogP contribution is 2.42. The molecular weight excluding hydrogens is 382 g/mol.